The van der Waals surface area contributed by atoms with E-state index in [0.717, 1.165) is 28.2 Å². The summed E-state index contributed by atoms with van der Waals surface area (Å²) in [4.78, 5) is 27.3. The van der Waals surface area contributed by atoms with Crippen molar-refractivity contribution < 1.29 is 14.3 Å². The normalized spacial score (nSPS) is 16.1. The molecular weight excluding hydrogens is 444 g/mol. The van der Waals surface area contributed by atoms with Gasteiger partial charge in [0.15, 0.2) is 11.9 Å². The van der Waals surface area contributed by atoms with E-state index in [4.69, 9.17) is 16.3 Å². The van der Waals surface area contributed by atoms with Crippen molar-refractivity contribution >= 4 is 29.2 Å². The summed E-state index contributed by atoms with van der Waals surface area (Å²) >= 11 is 6.18. The van der Waals surface area contributed by atoms with E-state index in [1.54, 1.807) is 9.58 Å². The predicted octanol–water partition coefficient (Wildman–Crippen LogP) is 3.11. The molecule has 2 aromatic heterocycles. The molecule has 1 aliphatic rings. The molecule has 1 unspecified atom stereocenters. The van der Waals surface area contributed by atoms with Gasteiger partial charge in [-0.1, -0.05) is 41.9 Å². The van der Waals surface area contributed by atoms with Gasteiger partial charge < -0.3 is 15.0 Å². The maximum absolute atomic E-state index is 12.8. The van der Waals surface area contributed by atoms with Crippen molar-refractivity contribution in [3.05, 3.63) is 52.3 Å². The van der Waals surface area contributed by atoms with Crippen LogP contribution in [-0.4, -0.2) is 62.5 Å². The van der Waals surface area contributed by atoms with E-state index in [1.807, 2.05) is 51.1 Å². The molecule has 0 radical (unpaired) electrons. The molecule has 2 amide bonds. The fourth-order valence-electron chi connectivity index (χ4n) is 3.89. The van der Waals surface area contributed by atoms with E-state index in [0.29, 0.717) is 30.5 Å². The van der Waals surface area contributed by atoms with Gasteiger partial charge in [-0.25, -0.2) is 0 Å². The number of carbonyl (C=O) groups is 2. The first-order chi connectivity index (χ1) is 15.8. The quantitative estimate of drug-likeness (QED) is 0.576. The molecule has 9 nitrogen and oxygen atoms in total. The van der Waals surface area contributed by atoms with Crippen LogP contribution in [-0.2, 0) is 20.9 Å². The first-order valence-electron chi connectivity index (χ1n) is 10.8. The lowest BCUT2D eigenvalue weighted by atomic mass is 10.1. The Morgan fingerprint density at radius 3 is 2.70 bits per heavy atom. The number of nitrogens with zero attached hydrogens (tertiary/aromatic N) is 4. The van der Waals surface area contributed by atoms with Gasteiger partial charge in [0.25, 0.3) is 5.91 Å². The van der Waals surface area contributed by atoms with Gasteiger partial charge in [0, 0.05) is 18.5 Å². The topological polar surface area (TPSA) is 105 Å². The molecule has 174 valence electrons. The van der Waals surface area contributed by atoms with Crippen molar-refractivity contribution in [2.45, 2.75) is 39.8 Å². The molecule has 0 spiro atoms. The lowest BCUT2D eigenvalue weighted by Gasteiger charge is -2.32. The summed E-state index contributed by atoms with van der Waals surface area (Å²) in [5.74, 6) is 0.0708. The van der Waals surface area contributed by atoms with Crippen molar-refractivity contribution in [2.24, 2.45) is 0 Å². The highest BCUT2D eigenvalue weighted by molar-refractivity contribution is 6.31. The van der Waals surface area contributed by atoms with Crippen LogP contribution in [0.4, 0.5) is 5.82 Å². The molecule has 1 aliphatic heterocycles. The molecule has 1 aromatic carbocycles. The number of aromatic amines is 1. The number of hydrogen-bond acceptors (Lipinski definition) is 5. The van der Waals surface area contributed by atoms with E-state index < -0.39 is 6.10 Å². The summed E-state index contributed by atoms with van der Waals surface area (Å²) < 4.78 is 7.39. The predicted molar refractivity (Wildman–Crippen MR) is 125 cm³/mol. The van der Waals surface area contributed by atoms with Gasteiger partial charge in [0.2, 0.25) is 5.91 Å². The number of carbonyl (C=O) groups excluding carboxylic acids is 2. The van der Waals surface area contributed by atoms with E-state index in [1.165, 1.54) is 0 Å². The van der Waals surface area contributed by atoms with Crippen molar-refractivity contribution in [3.8, 4) is 11.3 Å². The lowest BCUT2D eigenvalue weighted by molar-refractivity contribution is -0.144. The summed E-state index contributed by atoms with van der Waals surface area (Å²) in [6.45, 7) is 6.97. The minimum absolute atomic E-state index is 0.0536. The van der Waals surface area contributed by atoms with E-state index in [2.05, 4.69) is 20.6 Å². The van der Waals surface area contributed by atoms with Crippen LogP contribution in [0.1, 0.15) is 23.4 Å². The summed E-state index contributed by atoms with van der Waals surface area (Å²) in [7, 11) is 0. The number of benzene rings is 1. The van der Waals surface area contributed by atoms with Gasteiger partial charge >= 0.3 is 0 Å². The zero-order valence-corrected chi connectivity index (χ0v) is 19.6. The Hall–Kier alpha value is -3.17. The van der Waals surface area contributed by atoms with Crippen LogP contribution in [0.5, 0.6) is 0 Å². The third kappa shape index (κ3) is 4.94. The fourth-order valence-corrected chi connectivity index (χ4v) is 4.02. The Kier molecular flexibility index (Phi) is 6.80. The third-order valence-electron chi connectivity index (χ3n) is 5.86. The molecule has 0 saturated carbocycles. The number of amides is 2. The summed E-state index contributed by atoms with van der Waals surface area (Å²) in [5.41, 5.74) is 4.25. The average Bonchev–Trinajstić information content (AvgIpc) is 3.31. The van der Waals surface area contributed by atoms with E-state index >= 15 is 0 Å². The van der Waals surface area contributed by atoms with Crippen molar-refractivity contribution in [1.29, 1.82) is 0 Å². The number of aryl methyl sites for hydroxylation is 2. The number of aromatic nitrogens is 4. The molecule has 1 atom stereocenters. The molecule has 0 bridgehead atoms. The second-order valence-corrected chi connectivity index (χ2v) is 8.46. The Morgan fingerprint density at radius 1 is 1.24 bits per heavy atom. The number of H-pyrrole nitrogens is 1. The maximum Gasteiger partial charge on any atom is 0.256 e. The maximum atomic E-state index is 12.8. The van der Waals surface area contributed by atoms with E-state index in [-0.39, 0.29) is 24.8 Å². The lowest BCUT2D eigenvalue weighted by Crippen LogP contribution is -2.50. The first-order valence-corrected chi connectivity index (χ1v) is 11.2. The van der Waals surface area contributed by atoms with Crippen LogP contribution < -0.4 is 5.32 Å². The molecule has 3 aromatic rings. The SMILES string of the molecule is Cc1nn(CCC(=O)N2CCOC(C(=O)Nc3n[nH]c(-c4ccccc4)c3C)C2)c(C)c1Cl. The Labute approximate surface area is 197 Å². The Balaban J connectivity index is 1.35. The number of anilines is 1. The highest BCUT2D eigenvalue weighted by Crippen LogP contribution is 2.26. The molecule has 1 fully saturated rings. The molecule has 10 heteroatoms. The van der Waals surface area contributed by atoms with Gasteiger partial charge in [-0.05, 0) is 26.3 Å². The number of morpholine rings is 1. The summed E-state index contributed by atoms with van der Waals surface area (Å²) in [6, 6.07) is 9.77. The average molecular weight is 471 g/mol. The second-order valence-electron chi connectivity index (χ2n) is 8.08. The van der Waals surface area contributed by atoms with Crippen LogP contribution in [0.3, 0.4) is 0 Å². The van der Waals surface area contributed by atoms with Crippen LogP contribution in [0.15, 0.2) is 30.3 Å². The number of nitrogens with one attached hydrogen (secondary N) is 2. The first kappa shape index (κ1) is 23.0. The van der Waals surface area contributed by atoms with Gasteiger partial charge in [0.05, 0.1) is 41.8 Å². The van der Waals surface area contributed by atoms with Gasteiger partial charge in [0.1, 0.15) is 0 Å². The molecule has 3 heterocycles. The van der Waals surface area contributed by atoms with Gasteiger partial charge in [-0.15, -0.1) is 0 Å². The molecular formula is C23H27ClN6O3. The monoisotopic (exact) mass is 470 g/mol. The minimum atomic E-state index is -0.762. The molecule has 2 N–H and O–H groups in total. The standard InChI is InChI=1S/C23H27ClN6O3/c1-14-21(17-7-5-4-6-8-17)26-27-22(14)25-23(32)18-13-29(11-12-33-18)19(31)9-10-30-16(3)20(24)15(2)28-30/h4-8,18H,9-13H2,1-3H3,(H2,25,26,27,32). The van der Waals surface area contributed by atoms with Crippen LogP contribution in [0.25, 0.3) is 11.3 Å². The van der Waals surface area contributed by atoms with E-state index in [9.17, 15) is 9.59 Å². The number of rotatable bonds is 6. The molecule has 33 heavy (non-hydrogen) atoms. The van der Waals surface area contributed by atoms with Crippen LogP contribution in [0, 0.1) is 20.8 Å². The Bertz CT molecular complexity index is 1160. The highest BCUT2D eigenvalue weighted by Gasteiger charge is 2.30. The number of halogens is 1. The van der Waals surface area contributed by atoms with Crippen molar-refractivity contribution in [2.75, 3.05) is 25.0 Å². The smallest absolute Gasteiger partial charge is 0.256 e. The highest BCUT2D eigenvalue weighted by atomic mass is 35.5. The van der Waals surface area contributed by atoms with Crippen molar-refractivity contribution in [3.63, 3.8) is 0 Å². The Morgan fingerprint density at radius 2 is 2.00 bits per heavy atom. The van der Waals surface area contributed by atoms with Crippen LogP contribution >= 0.6 is 11.6 Å². The zero-order valence-electron chi connectivity index (χ0n) is 18.9. The van der Waals surface area contributed by atoms with Crippen molar-refractivity contribution in [1.82, 2.24) is 24.9 Å². The zero-order chi connectivity index (χ0) is 23.5. The molecule has 4 rings (SSSR count). The third-order valence-corrected chi connectivity index (χ3v) is 6.40. The van der Waals surface area contributed by atoms with Gasteiger partial charge in [-0.2, -0.15) is 10.2 Å². The van der Waals surface area contributed by atoms with Gasteiger partial charge in [-0.3, -0.25) is 19.4 Å². The number of hydrogen-bond donors (Lipinski definition) is 2. The molecule has 0 aliphatic carbocycles. The summed E-state index contributed by atoms with van der Waals surface area (Å²) in [5, 5.41) is 15.0. The fraction of sp³-hybridized carbons (Fsp3) is 0.391. The second kappa shape index (κ2) is 9.76. The summed E-state index contributed by atoms with van der Waals surface area (Å²) in [6.07, 6.45) is -0.493. The molecule has 1 saturated heterocycles. The van der Waals surface area contributed by atoms with Crippen LogP contribution in [0.2, 0.25) is 5.02 Å². The minimum Gasteiger partial charge on any atom is -0.365 e. The number of ether oxygens (including phenoxy) is 1. The largest absolute Gasteiger partial charge is 0.365 e.